The molecule has 0 saturated heterocycles. The van der Waals surface area contributed by atoms with E-state index < -0.39 is 0 Å². The molecule has 0 bridgehead atoms. The molecule has 2 rings (SSSR count). The highest BCUT2D eigenvalue weighted by atomic mass is 16.5. The molecule has 0 aromatic heterocycles. The van der Waals surface area contributed by atoms with Crippen LogP contribution in [0, 0.1) is 0 Å². The third kappa shape index (κ3) is 6.72. The number of carbonyl (C=O) groups is 2. The fourth-order valence-electron chi connectivity index (χ4n) is 3.00. The number of nitrogens with one attached hydrogen (secondary N) is 1. The number of aryl methyl sites for hydroxylation is 2. The van der Waals surface area contributed by atoms with Crippen molar-refractivity contribution < 1.29 is 14.3 Å². The number of hydrogen-bond donors (Lipinski definition) is 1. The molecular formula is C23H30N2O3. The molecule has 150 valence electrons. The van der Waals surface area contributed by atoms with Crippen molar-refractivity contribution in [1.29, 1.82) is 0 Å². The van der Waals surface area contributed by atoms with Gasteiger partial charge in [0.05, 0.1) is 7.11 Å². The summed E-state index contributed by atoms with van der Waals surface area (Å²) in [6.45, 7) is 0.685. The van der Waals surface area contributed by atoms with Crippen molar-refractivity contribution in [2.24, 2.45) is 0 Å². The lowest BCUT2D eigenvalue weighted by Gasteiger charge is -2.10. The average Bonchev–Trinajstić information content (AvgIpc) is 2.72. The maximum atomic E-state index is 12.0. The molecule has 2 aromatic rings. The number of para-hydroxylation sites is 1. The van der Waals surface area contributed by atoms with Crippen LogP contribution in [0.1, 0.15) is 40.7 Å². The van der Waals surface area contributed by atoms with Crippen molar-refractivity contribution in [3.05, 3.63) is 65.2 Å². The van der Waals surface area contributed by atoms with Gasteiger partial charge in [-0.05, 0) is 55.0 Å². The number of hydrogen-bond acceptors (Lipinski definition) is 3. The summed E-state index contributed by atoms with van der Waals surface area (Å²) < 4.78 is 5.36. The third-order valence-electron chi connectivity index (χ3n) is 4.64. The molecule has 0 aliphatic heterocycles. The van der Waals surface area contributed by atoms with Gasteiger partial charge in [-0.3, -0.25) is 9.59 Å². The lowest BCUT2D eigenvalue weighted by molar-refractivity contribution is -0.121. The third-order valence-corrected chi connectivity index (χ3v) is 4.64. The first-order chi connectivity index (χ1) is 13.5. The minimum atomic E-state index is -0.0163. The Kier molecular flexibility index (Phi) is 8.53. The molecule has 5 heteroatoms. The molecule has 1 N–H and O–H groups in total. The Morgan fingerprint density at radius 2 is 1.68 bits per heavy atom. The lowest BCUT2D eigenvalue weighted by atomic mass is 10.1. The molecule has 0 spiro atoms. The molecule has 5 nitrogen and oxygen atoms in total. The zero-order valence-electron chi connectivity index (χ0n) is 17.0. The van der Waals surface area contributed by atoms with E-state index in [0.717, 1.165) is 30.6 Å². The van der Waals surface area contributed by atoms with E-state index in [4.69, 9.17) is 4.74 Å². The highest BCUT2D eigenvalue weighted by molar-refractivity contribution is 5.93. The monoisotopic (exact) mass is 382 g/mol. The summed E-state index contributed by atoms with van der Waals surface area (Å²) in [4.78, 5) is 25.4. The Bertz CT molecular complexity index is 770. The van der Waals surface area contributed by atoms with E-state index in [9.17, 15) is 9.59 Å². The first-order valence-corrected chi connectivity index (χ1v) is 9.70. The zero-order chi connectivity index (χ0) is 20.4. The van der Waals surface area contributed by atoms with Gasteiger partial charge in [0.1, 0.15) is 5.75 Å². The van der Waals surface area contributed by atoms with Crippen molar-refractivity contribution in [3.8, 4) is 5.75 Å². The van der Waals surface area contributed by atoms with Crippen molar-refractivity contribution in [2.45, 2.75) is 32.1 Å². The van der Waals surface area contributed by atoms with Crippen LogP contribution < -0.4 is 10.1 Å². The Hall–Kier alpha value is -2.82. The first-order valence-electron chi connectivity index (χ1n) is 9.70. The van der Waals surface area contributed by atoms with Crippen LogP contribution in [-0.2, 0) is 17.6 Å². The minimum Gasteiger partial charge on any atom is -0.496 e. The molecule has 2 amide bonds. The van der Waals surface area contributed by atoms with Crippen molar-refractivity contribution >= 4 is 11.8 Å². The van der Waals surface area contributed by atoms with Crippen LogP contribution in [-0.4, -0.2) is 44.5 Å². The molecule has 0 atom stereocenters. The molecule has 0 heterocycles. The molecule has 0 aliphatic carbocycles. The van der Waals surface area contributed by atoms with Crippen molar-refractivity contribution in [1.82, 2.24) is 10.2 Å². The van der Waals surface area contributed by atoms with Gasteiger partial charge in [-0.2, -0.15) is 0 Å². The van der Waals surface area contributed by atoms with Gasteiger partial charge >= 0.3 is 0 Å². The SMILES string of the molecule is COc1ccccc1CCCCNC(=O)CCc1ccc(C(=O)N(C)C)cc1. The van der Waals surface area contributed by atoms with Gasteiger partial charge < -0.3 is 15.0 Å². The molecule has 0 fully saturated rings. The van der Waals surface area contributed by atoms with Gasteiger partial charge in [0.25, 0.3) is 5.91 Å². The summed E-state index contributed by atoms with van der Waals surface area (Å²) in [5.74, 6) is 0.966. The van der Waals surface area contributed by atoms with Crippen LogP contribution in [0.3, 0.4) is 0 Å². The van der Waals surface area contributed by atoms with Crippen LogP contribution in [0.25, 0.3) is 0 Å². The predicted molar refractivity (Wildman–Crippen MR) is 112 cm³/mol. The standard InChI is InChI=1S/C23H30N2O3/c1-25(2)23(27)20-14-11-18(12-15-20)13-16-22(26)24-17-7-6-9-19-8-4-5-10-21(19)28-3/h4-5,8,10-12,14-15H,6-7,9,13,16-17H2,1-3H3,(H,24,26). The number of unbranched alkanes of at least 4 members (excludes halogenated alkanes) is 1. The highest BCUT2D eigenvalue weighted by Crippen LogP contribution is 2.19. The van der Waals surface area contributed by atoms with Crippen LogP contribution in [0.4, 0.5) is 0 Å². The summed E-state index contributed by atoms with van der Waals surface area (Å²) in [7, 11) is 5.15. The zero-order valence-corrected chi connectivity index (χ0v) is 17.0. The number of benzene rings is 2. The molecule has 0 aliphatic rings. The van der Waals surface area contributed by atoms with Gasteiger partial charge in [0, 0.05) is 32.6 Å². The van der Waals surface area contributed by atoms with E-state index in [0.29, 0.717) is 24.9 Å². The summed E-state index contributed by atoms with van der Waals surface area (Å²) >= 11 is 0. The van der Waals surface area contributed by atoms with Gasteiger partial charge in [-0.25, -0.2) is 0 Å². The number of rotatable bonds is 10. The van der Waals surface area contributed by atoms with E-state index in [-0.39, 0.29) is 11.8 Å². The Labute approximate surface area is 167 Å². The van der Waals surface area contributed by atoms with Crippen molar-refractivity contribution in [2.75, 3.05) is 27.7 Å². The number of amides is 2. The lowest BCUT2D eigenvalue weighted by Crippen LogP contribution is -2.24. The largest absolute Gasteiger partial charge is 0.496 e. The van der Waals surface area contributed by atoms with E-state index in [1.54, 1.807) is 26.1 Å². The van der Waals surface area contributed by atoms with Gasteiger partial charge in [0.15, 0.2) is 0 Å². The maximum absolute atomic E-state index is 12.0. The molecule has 2 aromatic carbocycles. The first kappa shape index (κ1) is 21.5. The van der Waals surface area contributed by atoms with Gasteiger partial charge in [-0.1, -0.05) is 30.3 Å². The molecular weight excluding hydrogens is 352 g/mol. The van der Waals surface area contributed by atoms with Crippen LogP contribution in [0.2, 0.25) is 0 Å². The van der Waals surface area contributed by atoms with Crippen LogP contribution in [0.5, 0.6) is 5.75 Å². The predicted octanol–water partition coefficient (Wildman–Crippen LogP) is 3.47. The fraction of sp³-hybridized carbons (Fsp3) is 0.391. The second-order valence-corrected chi connectivity index (χ2v) is 7.02. The molecule has 0 saturated carbocycles. The Morgan fingerprint density at radius 3 is 2.36 bits per heavy atom. The van der Waals surface area contributed by atoms with E-state index >= 15 is 0 Å². The maximum Gasteiger partial charge on any atom is 0.253 e. The summed E-state index contributed by atoms with van der Waals surface area (Å²) in [6.07, 6.45) is 4.00. The van der Waals surface area contributed by atoms with Crippen molar-refractivity contribution in [3.63, 3.8) is 0 Å². The Morgan fingerprint density at radius 1 is 0.964 bits per heavy atom. The van der Waals surface area contributed by atoms with Crippen LogP contribution >= 0.6 is 0 Å². The highest BCUT2D eigenvalue weighted by Gasteiger charge is 2.08. The second-order valence-electron chi connectivity index (χ2n) is 7.02. The summed E-state index contributed by atoms with van der Waals surface area (Å²) in [5, 5.41) is 2.98. The van der Waals surface area contributed by atoms with E-state index in [2.05, 4.69) is 11.4 Å². The Balaban J connectivity index is 1.64. The van der Waals surface area contributed by atoms with Gasteiger partial charge in [-0.15, -0.1) is 0 Å². The van der Waals surface area contributed by atoms with Crippen LogP contribution in [0.15, 0.2) is 48.5 Å². The number of carbonyl (C=O) groups excluding carboxylic acids is 2. The fourth-order valence-corrected chi connectivity index (χ4v) is 3.00. The second kappa shape index (κ2) is 11.1. The smallest absolute Gasteiger partial charge is 0.253 e. The van der Waals surface area contributed by atoms with E-state index in [1.165, 1.54) is 5.56 Å². The topological polar surface area (TPSA) is 58.6 Å². The van der Waals surface area contributed by atoms with E-state index in [1.807, 2.05) is 42.5 Å². The number of ether oxygens (including phenoxy) is 1. The van der Waals surface area contributed by atoms with Gasteiger partial charge in [0.2, 0.25) is 5.91 Å². The summed E-state index contributed by atoms with van der Waals surface area (Å²) in [5.41, 5.74) is 2.92. The quantitative estimate of drug-likeness (QED) is 0.640. The minimum absolute atomic E-state index is 0.0163. The molecule has 0 radical (unpaired) electrons. The number of nitrogens with zero attached hydrogens (tertiary/aromatic N) is 1. The normalized spacial score (nSPS) is 10.4. The average molecular weight is 383 g/mol. The number of methoxy groups -OCH3 is 1. The summed E-state index contributed by atoms with van der Waals surface area (Å²) in [6, 6.07) is 15.5. The molecule has 0 unspecified atom stereocenters. The molecule has 28 heavy (non-hydrogen) atoms.